The van der Waals surface area contributed by atoms with E-state index in [1.165, 1.54) is 0 Å². The van der Waals surface area contributed by atoms with Gasteiger partial charge in [-0.3, -0.25) is 28.8 Å². The number of rotatable bonds is 6. The molecule has 0 aliphatic rings. The predicted octanol–water partition coefficient (Wildman–Crippen LogP) is -5.49. The van der Waals surface area contributed by atoms with Crippen LogP contribution in [0.25, 0.3) is 0 Å². The molecule has 2 radical (unpaired) electrons. The molecule has 0 aromatic carbocycles. The second kappa shape index (κ2) is 40.6. The Labute approximate surface area is 211 Å². The second-order valence-electron chi connectivity index (χ2n) is 2.89. The third-order valence-corrected chi connectivity index (χ3v) is 0.907. The molecule has 0 saturated heterocycles. The van der Waals surface area contributed by atoms with Gasteiger partial charge in [0, 0.05) is 71.2 Å². The van der Waals surface area contributed by atoms with Crippen LogP contribution in [0.15, 0.2) is 0 Å². The van der Waals surface area contributed by atoms with Crippen molar-refractivity contribution < 1.29 is 158 Å². The van der Waals surface area contributed by atoms with Crippen LogP contribution in [0.1, 0.15) is 19.3 Å². The van der Waals surface area contributed by atoms with E-state index >= 15 is 0 Å². The van der Waals surface area contributed by atoms with Crippen LogP contribution in [0.5, 0.6) is 0 Å². The van der Waals surface area contributed by atoms with E-state index < -0.39 is 55.1 Å². The minimum Gasteiger partial charge on any atom is -0.481 e. The van der Waals surface area contributed by atoms with Gasteiger partial charge in [-0.2, -0.15) is 0 Å². The first-order chi connectivity index (χ1) is 9.38. The summed E-state index contributed by atoms with van der Waals surface area (Å²) in [5.74, 6) is -7.88. The van der Waals surface area contributed by atoms with E-state index in [1.54, 1.807) is 0 Å². The van der Waals surface area contributed by atoms with Crippen molar-refractivity contribution in [1.82, 2.24) is 0 Å². The molecule has 0 bridgehead atoms. The van der Waals surface area contributed by atoms with Crippen molar-refractivity contribution in [3.8, 4) is 0 Å². The van der Waals surface area contributed by atoms with Crippen LogP contribution in [0.4, 0.5) is 0 Å². The predicted molar refractivity (Wildman–Crippen MR) is 77.7 cm³/mol. The van der Waals surface area contributed by atoms with Gasteiger partial charge in [-0.05, 0) is 0 Å². The zero-order valence-electron chi connectivity index (χ0n) is 13.9. The van der Waals surface area contributed by atoms with Gasteiger partial charge in [-0.15, -0.1) is 0 Å². The Bertz CT molecular complexity index is 325. The standard InChI is InChI=1S/3C3H4O4.2La.5H2O/c3*4-2(5)1-3(6)7;;;;;;;/h3*1H2,(H,4,5)(H,6,7);;;5*1H2. The van der Waals surface area contributed by atoms with Gasteiger partial charge < -0.3 is 58.0 Å². The largest absolute Gasteiger partial charge is 0.481 e. The molecule has 0 amide bonds. The summed E-state index contributed by atoms with van der Waals surface area (Å²) in [7, 11) is 0. The summed E-state index contributed by atoms with van der Waals surface area (Å²) < 4.78 is 0. The van der Waals surface area contributed by atoms with Gasteiger partial charge in [0.1, 0.15) is 19.3 Å². The molecule has 0 unspecified atom stereocenters. The van der Waals surface area contributed by atoms with E-state index in [4.69, 9.17) is 30.6 Å². The third kappa shape index (κ3) is 119. The molecule has 0 saturated carbocycles. The van der Waals surface area contributed by atoms with Crippen molar-refractivity contribution in [3.63, 3.8) is 0 Å². The molecule has 28 heavy (non-hydrogen) atoms. The quantitative estimate of drug-likeness (QED) is 0.143. The van der Waals surface area contributed by atoms with Crippen molar-refractivity contribution in [3.05, 3.63) is 0 Å². The minimum atomic E-state index is -1.31. The molecule has 0 atom stereocenters. The molecule has 16 N–H and O–H groups in total. The molecule has 0 fully saturated rings. The number of carboxylic acid groups (broad SMARTS) is 6. The van der Waals surface area contributed by atoms with E-state index in [-0.39, 0.29) is 98.6 Å². The molecule has 166 valence electrons. The number of carbonyl (C=O) groups is 6. The number of hydrogen-bond donors (Lipinski definition) is 6. The van der Waals surface area contributed by atoms with E-state index in [0.717, 1.165) is 0 Å². The van der Waals surface area contributed by atoms with Crippen LogP contribution in [0.3, 0.4) is 0 Å². The Morgan fingerprint density at radius 3 is 0.429 bits per heavy atom. The van der Waals surface area contributed by atoms with Gasteiger partial charge in [0.05, 0.1) is 0 Å². The summed E-state index contributed by atoms with van der Waals surface area (Å²) in [4.78, 5) is 56.6. The third-order valence-electron chi connectivity index (χ3n) is 0.907. The first-order valence-electron chi connectivity index (χ1n) is 4.69. The first kappa shape index (κ1) is 63.2. The number of carboxylic acids is 6. The van der Waals surface area contributed by atoms with E-state index in [0.29, 0.717) is 0 Å². The SMILES string of the molecule is O.O.O.O.O.O=C(O)CC(=O)O.O=C(O)CC(=O)O.O=C(O)CC(=O)O.[La].[La]. The zero-order chi connectivity index (χ0) is 17.6. The van der Waals surface area contributed by atoms with E-state index in [2.05, 4.69) is 0 Å². The maximum absolute atomic E-state index is 9.43. The summed E-state index contributed by atoms with van der Waals surface area (Å²) in [5, 5.41) is 46.2. The van der Waals surface area contributed by atoms with Crippen LogP contribution in [0.2, 0.25) is 0 Å². The number of hydrogen-bond acceptors (Lipinski definition) is 6. The monoisotopic (exact) mass is 680 g/mol. The molecule has 0 aromatic heterocycles. The minimum absolute atomic E-state index is 0. The van der Waals surface area contributed by atoms with Crippen LogP contribution in [-0.2, 0) is 28.8 Å². The second-order valence-corrected chi connectivity index (χ2v) is 2.89. The van der Waals surface area contributed by atoms with Gasteiger partial charge in [0.25, 0.3) is 0 Å². The van der Waals surface area contributed by atoms with Gasteiger partial charge in [-0.25, -0.2) is 0 Å². The molecule has 0 aliphatic heterocycles. The van der Waals surface area contributed by atoms with E-state index in [9.17, 15) is 28.8 Å². The molecule has 17 nitrogen and oxygen atoms in total. The Morgan fingerprint density at radius 1 is 0.357 bits per heavy atom. The maximum atomic E-state index is 9.43. The molecule has 0 rings (SSSR count). The summed E-state index contributed by atoms with van der Waals surface area (Å²) in [6.45, 7) is 0. The molecule has 0 aromatic rings. The van der Waals surface area contributed by atoms with Gasteiger partial charge in [-0.1, -0.05) is 0 Å². The molecule has 0 spiro atoms. The van der Waals surface area contributed by atoms with Crippen molar-refractivity contribution in [1.29, 1.82) is 0 Å². The van der Waals surface area contributed by atoms with Gasteiger partial charge in [0.2, 0.25) is 0 Å². The average Bonchev–Trinajstić information content (AvgIpc) is 2.10. The molecular formula is C9H22La2O17. The average molecular weight is 680 g/mol. The molecule has 19 heteroatoms. The zero-order valence-corrected chi connectivity index (χ0v) is 21.2. The van der Waals surface area contributed by atoms with Crippen molar-refractivity contribution in [2.45, 2.75) is 19.3 Å². The topological polar surface area (TPSA) is 381 Å². The van der Waals surface area contributed by atoms with Crippen molar-refractivity contribution >= 4 is 35.8 Å². The van der Waals surface area contributed by atoms with E-state index in [1.807, 2.05) is 0 Å². The first-order valence-corrected chi connectivity index (χ1v) is 4.69. The Hall–Kier alpha value is -0.990. The summed E-state index contributed by atoms with van der Waals surface area (Å²) in [5.41, 5.74) is 0. The summed E-state index contributed by atoms with van der Waals surface area (Å²) >= 11 is 0. The van der Waals surface area contributed by atoms with Crippen molar-refractivity contribution in [2.75, 3.05) is 0 Å². The Kier molecular flexibility index (Phi) is 91.6. The summed E-state index contributed by atoms with van der Waals surface area (Å²) in [6, 6.07) is 0. The molecule has 0 heterocycles. The van der Waals surface area contributed by atoms with Gasteiger partial charge >= 0.3 is 35.8 Å². The normalized spacial score (nSPS) is 6.00. The van der Waals surface area contributed by atoms with Crippen molar-refractivity contribution in [2.24, 2.45) is 0 Å². The fourth-order valence-corrected chi connectivity index (χ4v) is 0.388. The van der Waals surface area contributed by atoms with Crippen LogP contribution in [-0.4, -0.2) is 93.8 Å². The molecular weight excluding hydrogens is 658 g/mol. The Morgan fingerprint density at radius 2 is 0.429 bits per heavy atom. The molecule has 0 aliphatic carbocycles. The fourth-order valence-electron chi connectivity index (χ4n) is 0.388. The number of aliphatic carboxylic acids is 6. The summed E-state index contributed by atoms with van der Waals surface area (Å²) in [6.07, 6.45) is -2.42. The van der Waals surface area contributed by atoms with Crippen LogP contribution < -0.4 is 0 Å². The van der Waals surface area contributed by atoms with Gasteiger partial charge in [0.15, 0.2) is 0 Å². The maximum Gasteiger partial charge on any atom is 0.314 e. The Balaban J connectivity index is -0.0000000193. The smallest absolute Gasteiger partial charge is 0.314 e. The van der Waals surface area contributed by atoms with Crippen LogP contribution in [0, 0.1) is 71.2 Å². The van der Waals surface area contributed by atoms with Crippen LogP contribution >= 0.6 is 0 Å². The fraction of sp³-hybridized carbons (Fsp3) is 0.333.